The van der Waals surface area contributed by atoms with Crippen LogP contribution in [0.15, 0.2) is 6.07 Å². The molecule has 1 heterocycles. The molecule has 2 unspecified atom stereocenters. The summed E-state index contributed by atoms with van der Waals surface area (Å²) in [6.45, 7) is 5.36. The molecular weight excluding hydrogens is 180 g/mol. The smallest absolute Gasteiger partial charge is 0.125 e. The van der Waals surface area contributed by atoms with Crippen molar-refractivity contribution in [3.8, 4) is 0 Å². The van der Waals surface area contributed by atoms with Crippen LogP contribution in [-0.2, 0) is 0 Å². The van der Waals surface area contributed by atoms with Crippen molar-refractivity contribution in [3.05, 3.63) is 23.3 Å². The minimum Gasteiger partial charge on any atom is -0.396 e. The average Bonchev–Trinajstić information content (AvgIpc) is 2.14. The minimum absolute atomic E-state index is 0.0523. The molecule has 1 aromatic heterocycles. The molecule has 1 aromatic rings. The number of aliphatic hydroxyl groups excluding tert-OH is 2. The Morgan fingerprint density at radius 2 is 2.00 bits per heavy atom. The summed E-state index contributed by atoms with van der Waals surface area (Å²) in [5.41, 5.74) is 1.41. The molecule has 0 aliphatic carbocycles. The minimum atomic E-state index is -0.722. The Labute approximate surface area is 83.6 Å². The molecule has 0 fully saturated rings. The number of rotatable bonds is 3. The fourth-order valence-electron chi connectivity index (χ4n) is 1.29. The van der Waals surface area contributed by atoms with Gasteiger partial charge in [-0.05, 0) is 19.9 Å². The number of nitrogens with zero attached hydrogens (tertiary/aromatic N) is 2. The van der Waals surface area contributed by atoms with Crippen LogP contribution in [0.25, 0.3) is 0 Å². The molecule has 4 heteroatoms. The van der Waals surface area contributed by atoms with Crippen molar-refractivity contribution in [3.63, 3.8) is 0 Å². The Morgan fingerprint density at radius 3 is 2.50 bits per heavy atom. The molecular formula is C10H16N2O2. The van der Waals surface area contributed by atoms with Gasteiger partial charge in [0.05, 0.1) is 5.69 Å². The van der Waals surface area contributed by atoms with E-state index in [4.69, 9.17) is 5.11 Å². The lowest BCUT2D eigenvalue weighted by atomic mass is 10.0. The van der Waals surface area contributed by atoms with Crippen molar-refractivity contribution in [2.45, 2.75) is 26.9 Å². The van der Waals surface area contributed by atoms with Gasteiger partial charge in [0.1, 0.15) is 11.9 Å². The highest BCUT2D eigenvalue weighted by Crippen LogP contribution is 2.19. The van der Waals surface area contributed by atoms with Gasteiger partial charge in [-0.25, -0.2) is 9.97 Å². The maximum Gasteiger partial charge on any atom is 0.125 e. The molecule has 2 N–H and O–H groups in total. The summed E-state index contributed by atoms with van der Waals surface area (Å²) in [6.07, 6.45) is -0.722. The lowest BCUT2D eigenvalue weighted by Gasteiger charge is -2.16. The number of aromatic nitrogens is 2. The predicted molar refractivity (Wildman–Crippen MR) is 52.7 cm³/mol. The fraction of sp³-hybridized carbons (Fsp3) is 0.600. The van der Waals surface area contributed by atoms with Crippen molar-refractivity contribution >= 4 is 0 Å². The summed E-state index contributed by atoms with van der Waals surface area (Å²) in [6, 6.07) is 1.74. The molecule has 0 aliphatic rings. The molecule has 14 heavy (non-hydrogen) atoms. The maximum atomic E-state index is 9.79. The van der Waals surface area contributed by atoms with Crippen LogP contribution < -0.4 is 0 Å². The monoisotopic (exact) mass is 196 g/mol. The van der Waals surface area contributed by atoms with Crippen LogP contribution in [-0.4, -0.2) is 26.8 Å². The van der Waals surface area contributed by atoms with Gasteiger partial charge in [-0.3, -0.25) is 0 Å². The Hall–Kier alpha value is -1.00. The summed E-state index contributed by atoms with van der Waals surface area (Å²) >= 11 is 0. The van der Waals surface area contributed by atoms with Crippen molar-refractivity contribution in [1.82, 2.24) is 9.97 Å². The Bertz CT molecular complexity index is 295. The molecule has 0 bridgehead atoms. The third-order valence-electron chi connectivity index (χ3n) is 2.12. The summed E-state index contributed by atoms with van der Waals surface area (Å²) in [5, 5.41) is 18.7. The quantitative estimate of drug-likeness (QED) is 0.748. The van der Waals surface area contributed by atoms with Crippen molar-refractivity contribution in [2.75, 3.05) is 6.61 Å². The summed E-state index contributed by atoms with van der Waals surface area (Å²) in [5.74, 6) is 0.438. The molecule has 0 aromatic carbocycles. The second kappa shape index (κ2) is 4.48. The van der Waals surface area contributed by atoms with Crippen molar-refractivity contribution in [1.29, 1.82) is 0 Å². The van der Waals surface area contributed by atoms with Crippen LogP contribution in [0.2, 0.25) is 0 Å². The van der Waals surface area contributed by atoms with Crippen LogP contribution in [0.3, 0.4) is 0 Å². The molecule has 4 nitrogen and oxygen atoms in total. The molecule has 78 valence electrons. The first-order chi connectivity index (χ1) is 6.54. The summed E-state index contributed by atoms with van der Waals surface area (Å²) < 4.78 is 0. The number of aryl methyl sites for hydroxylation is 2. The molecule has 1 rings (SSSR count). The Kier molecular flexibility index (Phi) is 3.55. The predicted octanol–water partition coefficient (Wildman–Crippen LogP) is 0.755. The van der Waals surface area contributed by atoms with E-state index in [2.05, 4.69) is 9.97 Å². The van der Waals surface area contributed by atoms with E-state index in [0.717, 1.165) is 5.69 Å². The second-order valence-corrected chi connectivity index (χ2v) is 3.59. The first kappa shape index (κ1) is 11.1. The first-order valence-electron chi connectivity index (χ1n) is 4.65. The van der Waals surface area contributed by atoms with E-state index < -0.39 is 6.10 Å². The van der Waals surface area contributed by atoms with Gasteiger partial charge < -0.3 is 10.2 Å². The summed E-state index contributed by atoms with van der Waals surface area (Å²) in [4.78, 5) is 8.25. The highest BCUT2D eigenvalue weighted by atomic mass is 16.3. The van der Waals surface area contributed by atoms with Gasteiger partial charge in [-0.15, -0.1) is 0 Å². The largest absolute Gasteiger partial charge is 0.396 e. The van der Waals surface area contributed by atoms with Crippen LogP contribution in [0.5, 0.6) is 0 Å². The number of hydrogen-bond acceptors (Lipinski definition) is 4. The Balaban J connectivity index is 2.94. The van der Waals surface area contributed by atoms with Crippen LogP contribution in [0.1, 0.15) is 30.2 Å². The molecule has 2 atom stereocenters. The van der Waals surface area contributed by atoms with Gasteiger partial charge in [-0.1, -0.05) is 6.92 Å². The SMILES string of the molecule is Cc1cc(C(O)C(C)CO)nc(C)n1. The third kappa shape index (κ3) is 2.49. The molecule has 0 spiro atoms. The van der Waals surface area contributed by atoms with Gasteiger partial charge in [0, 0.05) is 18.2 Å². The number of aliphatic hydroxyl groups is 2. The van der Waals surface area contributed by atoms with E-state index >= 15 is 0 Å². The van der Waals surface area contributed by atoms with E-state index in [9.17, 15) is 5.11 Å². The van der Waals surface area contributed by atoms with Crippen molar-refractivity contribution < 1.29 is 10.2 Å². The maximum absolute atomic E-state index is 9.79. The van der Waals surface area contributed by atoms with Gasteiger partial charge in [0.15, 0.2) is 0 Å². The van der Waals surface area contributed by atoms with Crippen LogP contribution in [0.4, 0.5) is 0 Å². The second-order valence-electron chi connectivity index (χ2n) is 3.59. The molecule has 0 saturated carbocycles. The lowest BCUT2D eigenvalue weighted by molar-refractivity contribution is 0.0735. The lowest BCUT2D eigenvalue weighted by Crippen LogP contribution is -2.15. The zero-order valence-electron chi connectivity index (χ0n) is 8.73. The van der Waals surface area contributed by atoms with Crippen molar-refractivity contribution in [2.24, 2.45) is 5.92 Å². The van der Waals surface area contributed by atoms with Gasteiger partial charge in [-0.2, -0.15) is 0 Å². The van der Waals surface area contributed by atoms with E-state index in [1.54, 1.807) is 19.9 Å². The standard InChI is InChI=1S/C10H16N2O2/c1-6(5-13)10(14)9-4-7(2)11-8(3)12-9/h4,6,10,13-14H,5H2,1-3H3. The van der Waals surface area contributed by atoms with E-state index in [-0.39, 0.29) is 12.5 Å². The van der Waals surface area contributed by atoms with E-state index in [1.807, 2.05) is 6.92 Å². The topological polar surface area (TPSA) is 66.2 Å². The normalized spacial score (nSPS) is 15.2. The van der Waals surface area contributed by atoms with Gasteiger partial charge in [0.2, 0.25) is 0 Å². The fourth-order valence-corrected chi connectivity index (χ4v) is 1.29. The summed E-state index contributed by atoms with van der Waals surface area (Å²) in [7, 11) is 0. The first-order valence-corrected chi connectivity index (χ1v) is 4.65. The average molecular weight is 196 g/mol. The molecule has 0 saturated heterocycles. The highest BCUT2D eigenvalue weighted by Gasteiger charge is 2.17. The third-order valence-corrected chi connectivity index (χ3v) is 2.12. The van der Waals surface area contributed by atoms with Crippen LogP contribution >= 0.6 is 0 Å². The molecule has 0 radical (unpaired) electrons. The highest BCUT2D eigenvalue weighted by molar-refractivity contribution is 5.12. The molecule has 0 aliphatic heterocycles. The Morgan fingerprint density at radius 1 is 1.36 bits per heavy atom. The van der Waals surface area contributed by atoms with E-state index in [0.29, 0.717) is 11.5 Å². The zero-order chi connectivity index (χ0) is 10.7. The van der Waals surface area contributed by atoms with E-state index in [1.165, 1.54) is 0 Å². The van der Waals surface area contributed by atoms with Crippen LogP contribution in [0, 0.1) is 19.8 Å². The van der Waals surface area contributed by atoms with Gasteiger partial charge >= 0.3 is 0 Å². The number of hydrogen-bond donors (Lipinski definition) is 2. The van der Waals surface area contributed by atoms with Gasteiger partial charge in [0.25, 0.3) is 0 Å². The molecule has 0 amide bonds. The zero-order valence-corrected chi connectivity index (χ0v) is 8.73.